The van der Waals surface area contributed by atoms with Gasteiger partial charge in [-0.1, -0.05) is 33.6 Å². The van der Waals surface area contributed by atoms with Crippen LogP contribution in [0, 0.1) is 6.92 Å². The van der Waals surface area contributed by atoms with Gasteiger partial charge in [-0.3, -0.25) is 4.98 Å². The summed E-state index contributed by atoms with van der Waals surface area (Å²) in [6.07, 6.45) is 0. The third-order valence-corrected chi connectivity index (χ3v) is 3.33. The van der Waals surface area contributed by atoms with Gasteiger partial charge in [0.2, 0.25) is 0 Å². The van der Waals surface area contributed by atoms with Crippen LogP contribution in [0.25, 0.3) is 0 Å². The van der Waals surface area contributed by atoms with E-state index >= 15 is 0 Å². The molecule has 1 aromatic carbocycles. The summed E-state index contributed by atoms with van der Waals surface area (Å²) in [5.41, 5.74) is 2.95. The molecule has 0 aliphatic rings. The zero-order valence-electron chi connectivity index (χ0n) is 9.99. The lowest BCUT2D eigenvalue weighted by Gasteiger charge is -2.10. The van der Waals surface area contributed by atoms with Gasteiger partial charge in [0.15, 0.2) is 0 Å². The molecule has 4 heteroatoms. The van der Waals surface area contributed by atoms with Crippen LogP contribution in [0.15, 0.2) is 36.4 Å². The predicted molar refractivity (Wildman–Crippen MR) is 77.4 cm³/mol. The van der Waals surface area contributed by atoms with Crippen LogP contribution in [0.2, 0.25) is 5.02 Å². The van der Waals surface area contributed by atoms with E-state index in [4.69, 9.17) is 16.3 Å². The number of aryl methyl sites for hydroxylation is 1. The van der Waals surface area contributed by atoms with E-state index in [2.05, 4.69) is 20.9 Å². The van der Waals surface area contributed by atoms with Crippen molar-refractivity contribution in [2.24, 2.45) is 0 Å². The van der Waals surface area contributed by atoms with E-state index in [9.17, 15) is 0 Å². The van der Waals surface area contributed by atoms with E-state index in [-0.39, 0.29) is 0 Å². The molecule has 0 saturated heterocycles. The molecule has 2 nitrogen and oxygen atoms in total. The van der Waals surface area contributed by atoms with Crippen LogP contribution < -0.4 is 4.74 Å². The first-order valence-corrected chi connectivity index (χ1v) is 7.08. The van der Waals surface area contributed by atoms with E-state index in [0.29, 0.717) is 17.0 Å². The minimum Gasteiger partial charge on any atom is -0.487 e. The van der Waals surface area contributed by atoms with Crippen molar-refractivity contribution in [2.45, 2.75) is 18.9 Å². The normalized spacial score (nSPS) is 10.4. The lowest BCUT2D eigenvalue weighted by Crippen LogP contribution is -2.00. The first-order chi connectivity index (χ1) is 8.69. The summed E-state index contributed by atoms with van der Waals surface area (Å²) in [6.45, 7) is 2.43. The molecule has 1 aromatic heterocycles. The second-order valence-electron chi connectivity index (χ2n) is 3.94. The molecule has 0 fully saturated rings. The zero-order chi connectivity index (χ0) is 13.0. The number of aromatic nitrogens is 1. The van der Waals surface area contributed by atoms with Crippen molar-refractivity contribution >= 4 is 27.5 Å². The highest BCUT2D eigenvalue weighted by Gasteiger charge is 2.04. The minimum atomic E-state index is 0.462. The molecule has 2 rings (SSSR count). The fourth-order valence-electron chi connectivity index (χ4n) is 1.62. The Balaban J connectivity index is 2.10. The van der Waals surface area contributed by atoms with Gasteiger partial charge in [0.25, 0.3) is 0 Å². The largest absolute Gasteiger partial charge is 0.487 e. The Morgan fingerprint density at radius 3 is 2.83 bits per heavy atom. The van der Waals surface area contributed by atoms with Crippen molar-refractivity contribution in [1.29, 1.82) is 0 Å². The van der Waals surface area contributed by atoms with E-state index in [0.717, 1.165) is 22.7 Å². The van der Waals surface area contributed by atoms with Gasteiger partial charge in [-0.05, 0) is 37.3 Å². The maximum absolute atomic E-state index is 5.94. The number of hydrogen-bond acceptors (Lipinski definition) is 2. The number of benzene rings is 1. The average Bonchev–Trinajstić information content (AvgIpc) is 2.37. The Bertz CT molecular complexity index is 545. The Kier molecular flexibility index (Phi) is 4.61. The maximum Gasteiger partial charge on any atom is 0.130 e. The summed E-state index contributed by atoms with van der Waals surface area (Å²) in [5, 5.41) is 1.43. The molecular formula is C14H13BrClNO. The molecule has 0 N–H and O–H groups in total. The van der Waals surface area contributed by atoms with E-state index in [1.165, 1.54) is 0 Å². The number of halogens is 2. The molecule has 2 aromatic rings. The van der Waals surface area contributed by atoms with E-state index in [1.807, 2.05) is 43.3 Å². The summed E-state index contributed by atoms with van der Waals surface area (Å²) >= 11 is 9.37. The minimum absolute atomic E-state index is 0.462. The summed E-state index contributed by atoms with van der Waals surface area (Å²) in [7, 11) is 0. The first-order valence-electron chi connectivity index (χ1n) is 5.59. The maximum atomic E-state index is 5.94. The summed E-state index contributed by atoms with van der Waals surface area (Å²) in [4.78, 5) is 4.40. The zero-order valence-corrected chi connectivity index (χ0v) is 12.3. The van der Waals surface area contributed by atoms with Crippen LogP contribution in [0.3, 0.4) is 0 Å². The molecule has 18 heavy (non-hydrogen) atoms. The number of alkyl halides is 1. The monoisotopic (exact) mass is 325 g/mol. The second kappa shape index (κ2) is 6.21. The molecule has 0 saturated carbocycles. The molecule has 0 aliphatic heterocycles. The van der Waals surface area contributed by atoms with Gasteiger partial charge < -0.3 is 4.74 Å². The van der Waals surface area contributed by atoms with Gasteiger partial charge in [0.05, 0.1) is 5.69 Å². The molecule has 0 amide bonds. The number of hydrogen-bond donors (Lipinski definition) is 0. The van der Waals surface area contributed by atoms with Crippen molar-refractivity contribution < 1.29 is 4.74 Å². The van der Waals surface area contributed by atoms with Crippen LogP contribution in [0.1, 0.15) is 17.0 Å². The number of pyridine rings is 1. The lowest BCUT2D eigenvalue weighted by atomic mass is 10.2. The highest BCUT2D eigenvalue weighted by Crippen LogP contribution is 2.25. The van der Waals surface area contributed by atoms with Crippen molar-refractivity contribution in [2.75, 3.05) is 0 Å². The van der Waals surface area contributed by atoms with Crippen molar-refractivity contribution in [3.05, 3.63) is 58.4 Å². The summed E-state index contributed by atoms with van der Waals surface area (Å²) < 4.78 is 5.77. The molecular weight excluding hydrogens is 314 g/mol. The van der Waals surface area contributed by atoms with Gasteiger partial charge in [-0.15, -0.1) is 0 Å². The third-order valence-electron chi connectivity index (χ3n) is 2.49. The summed E-state index contributed by atoms with van der Waals surface area (Å²) in [6, 6.07) is 11.5. The van der Waals surface area contributed by atoms with Gasteiger partial charge in [-0.25, -0.2) is 0 Å². The molecule has 0 unspecified atom stereocenters. The van der Waals surface area contributed by atoms with Crippen molar-refractivity contribution in [1.82, 2.24) is 4.98 Å². The van der Waals surface area contributed by atoms with Crippen LogP contribution in [0.5, 0.6) is 5.75 Å². The van der Waals surface area contributed by atoms with Gasteiger partial charge >= 0.3 is 0 Å². The van der Waals surface area contributed by atoms with Gasteiger partial charge in [0, 0.05) is 21.6 Å². The average molecular weight is 327 g/mol. The number of rotatable bonds is 4. The van der Waals surface area contributed by atoms with Gasteiger partial charge in [-0.2, -0.15) is 0 Å². The SMILES string of the molecule is Cc1cccc(COc2ccc(Cl)cc2CBr)n1. The molecule has 1 heterocycles. The number of ether oxygens (including phenoxy) is 1. The number of nitrogens with zero attached hydrogens (tertiary/aromatic N) is 1. The molecule has 94 valence electrons. The quantitative estimate of drug-likeness (QED) is 0.771. The molecule has 0 spiro atoms. The third kappa shape index (κ3) is 3.47. The topological polar surface area (TPSA) is 22.1 Å². The lowest BCUT2D eigenvalue weighted by molar-refractivity contribution is 0.299. The van der Waals surface area contributed by atoms with E-state index in [1.54, 1.807) is 0 Å². The Hall–Kier alpha value is -1.06. The Morgan fingerprint density at radius 2 is 2.11 bits per heavy atom. The van der Waals surface area contributed by atoms with Crippen LogP contribution in [-0.4, -0.2) is 4.98 Å². The predicted octanol–water partition coefficient (Wildman–Crippen LogP) is 4.52. The van der Waals surface area contributed by atoms with Crippen LogP contribution in [-0.2, 0) is 11.9 Å². The van der Waals surface area contributed by atoms with Crippen molar-refractivity contribution in [3.8, 4) is 5.75 Å². The second-order valence-corrected chi connectivity index (χ2v) is 4.94. The standard InChI is InChI=1S/C14H13BrClNO/c1-10-3-2-4-13(17-10)9-18-14-6-5-12(16)7-11(14)8-15/h2-7H,8-9H2,1H3. The fraction of sp³-hybridized carbons (Fsp3) is 0.214. The Morgan fingerprint density at radius 1 is 1.28 bits per heavy atom. The highest BCUT2D eigenvalue weighted by atomic mass is 79.9. The fourth-order valence-corrected chi connectivity index (χ4v) is 2.26. The van der Waals surface area contributed by atoms with Crippen molar-refractivity contribution in [3.63, 3.8) is 0 Å². The van der Waals surface area contributed by atoms with Crippen LogP contribution in [0.4, 0.5) is 0 Å². The molecule has 0 atom stereocenters. The smallest absolute Gasteiger partial charge is 0.130 e. The first kappa shape index (κ1) is 13.4. The van der Waals surface area contributed by atoms with Gasteiger partial charge in [0.1, 0.15) is 12.4 Å². The highest BCUT2D eigenvalue weighted by molar-refractivity contribution is 9.08. The van der Waals surface area contributed by atoms with E-state index < -0.39 is 0 Å². The molecule has 0 radical (unpaired) electrons. The Labute approximate surface area is 120 Å². The summed E-state index contributed by atoms with van der Waals surface area (Å²) in [5.74, 6) is 0.833. The molecule has 0 aliphatic carbocycles. The van der Waals surface area contributed by atoms with Crippen LogP contribution >= 0.6 is 27.5 Å². The molecule has 0 bridgehead atoms.